The molecule has 0 aromatic heterocycles. The summed E-state index contributed by atoms with van der Waals surface area (Å²) < 4.78 is 0. The third-order valence-electron chi connectivity index (χ3n) is 0.118. The molecule has 0 heterocycles. The number of hydrogen-bond donors (Lipinski definition) is 1. The smallest absolute Gasteiger partial charge is 0.206 e. The summed E-state index contributed by atoms with van der Waals surface area (Å²) in [5.74, 6) is 0. The SMILES string of the molecule is CNC=O.O. The fourth-order valence-electron chi connectivity index (χ4n) is 0. The molecule has 0 unspecified atom stereocenters. The van der Waals surface area contributed by atoms with E-state index in [1.807, 2.05) is 0 Å². The largest absolute Gasteiger partial charge is 0.412 e. The first kappa shape index (κ1) is 8.83. The Kier molecular flexibility index (Phi) is 17.5. The van der Waals surface area contributed by atoms with Gasteiger partial charge in [0.15, 0.2) is 0 Å². The molecule has 0 spiro atoms. The van der Waals surface area contributed by atoms with Crippen molar-refractivity contribution in [3.63, 3.8) is 0 Å². The van der Waals surface area contributed by atoms with Crippen LogP contribution >= 0.6 is 0 Å². The second-order valence-electron chi connectivity index (χ2n) is 0.407. The first-order chi connectivity index (χ1) is 1.91. The molecule has 0 saturated carbocycles. The highest BCUT2D eigenvalue weighted by Crippen LogP contribution is 1.09. The normalized spacial score (nSPS) is 4.20. The van der Waals surface area contributed by atoms with Crippen molar-refractivity contribution in [2.45, 2.75) is 0 Å². The Labute approximate surface area is 30.3 Å². The van der Waals surface area contributed by atoms with Crippen LogP contribution in [0.4, 0.5) is 0 Å². The van der Waals surface area contributed by atoms with E-state index in [0.717, 1.165) is 0 Å². The van der Waals surface area contributed by atoms with Crippen molar-refractivity contribution in [2.75, 3.05) is 7.05 Å². The van der Waals surface area contributed by atoms with Crippen molar-refractivity contribution >= 4 is 6.41 Å². The van der Waals surface area contributed by atoms with E-state index in [2.05, 4.69) is 5.32 Å². The van der Waals surface area contributed by atoms with Crippen molar-refractivity contribution < 1.29 is 10.3 Å². The van der Waals surface area contributed by atoms with Crippen LogP contribution in [0, 0.1) is 0 Å². The summed E-state index contributed by atoms with van der Waals surface area (Å²) in [4.78, 5) is 9.06. The number of carbonyl (C=O) groups excluding carboxylic acids is 1. The summed E-state index contributed by atoms with van der Waals surface area (Å²) in [6.45, 7) is 0. The number of carbonyl (C=O) groups is 1. The van der Waals surface area contributed by atoms with Crippen molar-refractivity contribution in [2.24, 2.45) is 0 Å². The van der Waals surface area contributed by atoms with Crippen LogP contribution in [0.2, 0.25) is 0 Å². The molecule has 0 aliphatic rings. The lowest BCUT2D eigenvalue weighted by atomic mass is 11.2. The van der Waals surface area contributed by atoms with Crippen molar-refractivity contribution in [1.82, 2.24) is 5.32 Å². The molecule has 0 fully saturated rings. The van der Waals surface area contributed by atoms with Gasteiger partial charge in [-0.15, -0.1) is 0 Å². The zero-order valence-corrected chi connectivity index (χ0v) is 2.99. The van der Waals surface area contributed by atoms with Gasteiger partial charge in [-0.1, -0.05) is 0 Å². The lowest BCUT2D eigenvalue weighted by Crippen LogP contribution is -1.98. The van der Waals surface area contributed by atoms with E-state index in [9.17, 15) is 0 Å². The molecular formula is C2H7NO2. The molecule has 0 saturated heterocycles. The van der Waals surface area contributed by atoms with Gasteiger partial charge in [-0.05, 0) is 0 Å². The van der Waals surface area contributed by atoms with Gasteiger partial charge in [-0.25, -0.2) is 0 Å². The van der Waals surface area contributed by atoms with Crippen molar-refractivity contribution in [3.8, 4) is 0 Å². The van der Waals surface area contributed by atoms with Gasteiger partial charge in [-0.3, -0.25) is 4.79 Å². The predicted octanol–water partition coefficient (Wildman–Crippen LogP) is -1.46. The molecule has 0 aromatic rings. The molecule has 0 radical (unpaired) electrons. The van der Waals surface area contributed by atoms with Gasteiger partial charge in [0.2, 0.25) is 6.41 Å². The van der Waals surface area contributed by atoms with Crippen LogP contribution in [-0.4, -0.2) is 18.9 Å². The summed E-state index contributed by atoms with van der Waals surface area (Å²) in [7, 11) is 1.56. The zero-order valence-electron chi connectivity index (χ0n) is 2.99. The Bertz CT molecular complexity index is 21.6. The van der Waals surface area contributed by atoms with Gasteiger partial charge in [0.05, 0.1) is 0 Å². The van der Waals surface area contributed by atoms with Gasteiger partial charge in [0, 0.05) is 7.05 Å². The summed E-state index contributed by atoms with van der Waals surface area (Å²) in [5.41, 5.74) is 0. The lowest BCUT2D eigenvalue weighted by Gasteiger charge is -1.64. The molecule has 3 nitrogen and oxygen atoms in total. The predicted molar refractivity (Wildman–Crippen MR) is 18.7 cm³/mol. The molecule has 0 rings (SSSR count). The molecular weight excluding hydrogens is 70.0 g/mol. The van der Waals surface area contributed by atoms with Gasteiger partial charge in [0.1, 0.15) is 0 Å². The van der Waals surface area contributed by atoms with Gasteiger partial charge >= 0.3 is 0 Å². The standard InChI is InChI=1S/C2H5NO.H2O/c1-3-2-4;/h2H,1H3,(H,3,4);1H2. The first-order valence-electron chi connectivity index (χ1n) is 1.02. The molecule has 0 aliphatic carbocycles. The third-order valence-corrected chi connectivity index (χ3v) is 0.118. The van der Waals surface area contributed by atoms with E-state index in [1.165, 1.54) is 0 Å². The molecule has 0 atom stereocenters. The van der Waals surface area contributed by atoms with Crippen molar-refractivity contribution in [3.05, 3.63) is 0 Å². The third kappa shape index (κ3) is 37.9. The highest BCUT2D eigenvalue weighted by molar-refractivity contribution is 5.44. The van der Waals surface area contributed by atoms with Crippen LogP contribution in [0.1, 0.15) is 0 Å². The van der Waals surface area contributed by atoms with Gasteiger partial charge < -0.3 is 10.8 Å². The fraction of sp³-hybridized carbons (Fsp3) is 0.500. The highest BCUT2D eigenvalue weighted by Gasteiger charge is 1.43. The summed E-state index contributed by atoms with van der Waals surface area (Å²) in [6, 6.07) is 0. The van der Waals surface area contributed by atoms with E-state index < -0.39 is 0 Å². The molecule has 1 amide bonds. The van der Waals surface area contributed by atoms with Crippen LogP contribution in [0.25, 0.3) is 0 Å². The minimum Gasteiger partial charge on any atom is -0.412 e. The molecule has 32 valence electrons. The number of hydrogen-bond acceptors (Lipinski definition) is 1. The number of rotatable bonds is 1. The Morgan fingerprint density at radius 3 is 2.00 bits per heavy atom. The average molecular weight is 77.1 g/mol. The monoisotopic (exact) mass is 77.0 g/mol. The summed E-state index contributed by atoms with van der Waals surface area (Å²) >= 11 is 0. The zero-order chi connectivity index (χ0) is 3.41. The quantitative estimate of drug-likeness (QED) is 0.382. The summed E-state index contributed by atoms with van der Waals surface area (Å²) in [6.07, 6.45) is 0.625. The second kappa shape index (κ2) is 9.90. The van der Waals surface area contributed by atoms with Crippen LogP contribution < -0.4 is 5.32 Å². The summed E-state index contributed by atoms with van der Waals surface area (Å²) in [5, 5.41) is 2.25. The molecule has 0 aromatic carbocycles. The molecule has 3 N–H and O–H groups in total. The topological polar surface area (TPSA) is 60.6 Å². The average Bonchev–Trinajstić information content (AvgIpc) is 1.37. The molecule has 0 aliphatic heterocycles. The maximum atomic E-state index is 9.06. The van der Waals surface area contributed by atoms with Crippen LogP contribution in [0.15, 0.2) is 0 Å². The Morgan fingerprint density at radius 2 is 2.00 bits per heavy atom. The van der Waals surface area contributed by atoms with E-state index in [0.29, 0.717) is 6.41 Å². The molecule has 0 bridgehead atoms. The van der Waals surface area contributed by atoms with Gasteiger partial charge in [0.25, 0.3) is 0 Å². The highest BCUT2D eigenvalue weighted by atomic mass is 16.1. The van der Waals surface area contributed by atoms with E-state index in [-0.39, 0.29) is 5.48 Å². The number of nitrogens with one attached hydrogen (secondary N) is 1. The van der Waals surface area contributed by atoms with E-state index in [4.69, 9.17) is 4.79 Å². The minimum absolute atomic E-state index is 0. The maximum Gasteiger partial charge on any atom is 0.206 e. The van der Waals surface area contributed by atoms with Gasteiger partial charge in [-0.2, -0.15) is 0 Å². The van der Waals surface area contributed by atoms with E-state index in [1.54, 1.807) is 7.05 Å². The van der Waals surface area contributed by atoms with E-state index >= 15 is 0 Å². The minimum atomic E-state index is 0. The Morgan fingerprint density at radius 1 is 1.80 bits per heavy atom. The number of amides is 1. The Hall–Kier alpha value is -0.570. The maximum absolute atomic E-state index is 9.06. The lowest BCUT2D eigenvalue weighted by molar-refractivity contribution is -0.109. The molecule has 5 heavy (non-hydrogen) atoms. The Balaban J connectivity index is 0. The van der Waals surface area contributed by atoms with Crippen LogP contribution in [0.5, 0.6) is 0 Å². The van der Waals surface area contributed by atoms with Crippen molar-refractivity contribution in [1.29, 1.82) is 0 Å². The second-order valence-corrected chi connectivity index (χ2v) is 0.407. The van der Waals surface area contributed by atoms with Crippen LogP contribution in [0.3, 0.4) is 0 Å². The van der Waals surface area contributed by atoms with Crippen LogP contribution in [-0.2, 0) is 4.79 Å². The first-order valence-corrected chi connectivity index (χ1v) is 1.02. The molecule has 3 heteroatoms. The fourth-order valence-corrected chi connectivity index (χ4v) is 0.